The fourth-order valence-corrected chi connectivity index (χ4v) is 4.33. The van der Waals surface area contributed by atoms with E-state index in [1.807, 2.05) is 4.90 Å². The highest BCUT2D eigenvalue weighted by Gasteiger charge is 2.47. The molecule has 132 valence electrons. The van der Waals surface area contributed by atoms with Gasteiger partial charge in [-0.15, -0.1) is 0 Å². The third-order valence-electron chi connectivity index (χ3n) is 6.01. The van der Waals surface area contributed by atoms with Gasteiger partial charge in [-0.25, -0.2) is 0 Å². The van der Waals surface area contributed by atoms with E-state index in [2.05, 4.69) is 0 Å². The molecule has 3 fully saturated rings. The van der Waals surface area contributed by atoms with Gasteiger partial charge in [-0.05, 0) is 44.1 Å². The van der Waals surface area contributed by atoms with E-state index in [1.165, 1.54) is 25.5 Å². The monoisotopic (exact) mass is 333 g/mol. The summed E-state index contributed by atoms with van der Waals surface area (Å²) in [6.07, 6.45) is 10.3. The number of carbonyl (C=O) groups excluding carboxylic acids is 1. The Hall–Kier alpha value is -1.33. The quantitative estimate of drug-likeness (QED) is 0.831. The smallest absolute Gasteiger partial charge is 0.257 e. The third kappa shape index (κ3) is 3.11. The zero-order valence-electron chi connectivity index (χ0n) is 14.2. The number of hydrogen-bond acceptors (Lipinski definition) is 4. The van der Waals surface area contributed by atoms with E-state index in [0.29, 0.717) is 12.2 Å². The summed E-state index contributed by atoms with van der Waals surface area (Å²) in [5, 5.41) is 0. The number of fused-ring (bicyclic) bond motifs is 1. The van der Waals surface area contributed by atoms with Crippen LogP contribution in [-0.4, -0.2) is 49.8 Å². The predicted octanol–water partition coefficient (Wildman–Crippen LogP) is 3.11. The SMILES string of the molecule is O=C(c1ccoc1)N1CCC2OCCCC2(COCC2CCC2)C1. The molecule has 0 radical (unpaired) electrons. The van der Waals surface area contributed by atoms with Gasteiger partial charge in [-0.3, -0.25) is 4.79 Å². The van der Waals surface area contributed by atoms with E-state index in [0.717, 1.165) is 51.5 Å². The molecule has 2 atom stereocenters. The average Bonchev–Trinajstić information content (AvgIpc) is 3.10. The maximum absolute atomic E-state index is 12.7. The number of ether oxygens (including phenoxy) is 2. The number of amides is 1. The molecule has 5 heteroatoms. The predicted molar refractivity (Wildman–Crippen MR) is 88.8 cm³/mol. The average molecular weight is 333 g/mol. The van der Waals surface area contributed by atoms with Crippen molar-refractivity contribution in [3.63, 3.8) is 0 Å². The first kappa shape index (κ1) is 16.2. The minimum absolute atomic E-state index is 0.0420. The Kier molecular flexibility index (Phi) is 4.63. The van der Waals surface area contributed by atoms with Gasteiger partial charge in [0.25, 0.3) is 5.91 Å². The van der Waals surface area contributed by atoms with Crippen LogP contribution in [0.5, 0.6) is 0 Å². The van der Waals surface area contributed by atoms with Gasteiger partial charge in [-0.2, -0.15) is 0 Å². The zero-order chi connectivity index (χ0) is 16.4. The Bertz CT molecular complexity index is 554. The summed E-state index contributed by atoms with van der Waals surface area (Å²) in [7, 11) is 0. The van der Waals surface area contributed by atoms with Crippen molar-refractivity contribution in [2.45, 2.75) is 44.6 Å². The van der Waals surface area contributed by atoms with Crippen LogP contribution in [0, 0.1) is 11.3 Å². The Morgan fingerprint density at radius 1 is 1.33 bits per heavy atom. The summed E-state index contributed by atoms with van der Waals surface area (Å²) < 4.78 is 17.3. The zero-order valence-corrected chi connectivity index (χ0v) is 14.2. The van der Waals surface area contributed by atoms with E-state index in [9.17, 15) is 4.79 Å². The van der Waals surface area contributed by atoms with E-state index < -0.39 is 0 Å². The van der Waals surface area contributed by atoms with Crippen LogP contribution in [0.1, 0.15) is 48.9 Å². The molecule has 24 heavy (non-hydrogen) atoms. The van der Waals surface area contributed by atoms with Gasteiger partial charge in [-0.1, -0.05) is 6.42 Å². The molecule has 0 aromatic carbocycles. The number of likely N-dealkylation sites (tertiary alicyclic amines) is 1. The number of hydrogen-bond donors (Lipinski definition) is 0. The van der Waals surface area contributed by atoms with Gasteiger partial charge in [0.2, 0.25) is 0 Å². The highest BCUT2D eigenvalue weighted by molar-refractivity contribution is 5.93. The topological polar surface area (TPSA) is 51.9 Å². The second kappa shape index (κ2) is 6.89. The molecule has 2 saturated heterocycles. The summed E-state index contributed by atoms with van der Waals surface area (Å²) in [5.41, 5.74) is 0.593. The molecular formula is C19H27NO4. The van der Waals surface area contributed by atoms with Crippen molar-refractivity contribution in [1.82, 2.24) is 4.90 Å². The van der Waals surface area contributed by atoms with E-state index >= 15 is 0 Å². The summed E-state index contributed by atoms with van der Waals surface area (Å²) in [6, 6.07) is 1.74. The lowest BCUT2D eigenvalue weighted by atomic mass is 9.73. The normalized spacial score (nSPS) is 30.7. The lowest BCUT2D eigenvalue weighted by Crippen LogP contribution is -2.58. The molecule has 1 amide bonds. The third-order valence-corrected chi connectivity index (χ3v) is 6.01. The van der Waals surface area contributed by atoms with Crippen LogP contribution in [0.4, 0.5) is 0 Å². The molecule has 2 unspecified atom stereocenters. The van der Waals surface area contributed by atoms with Gasteiger partial charge in [0.15, 0.2) is 0 Å². The summed E-state index contributed by atoms with van der Waals surface area (Å²) in [6.45, 7) is 3.89. The van der Waals surface area contributed by atoms with Crippen LogP contribution >= 0.6 is 0 Å². The highest BCUT2D eigenvalue weighted by Crippen LogP contribution is 2.41. The summed E-state index contributed by atoms with van der Waals surface area (Å²) in [4.78, 5) is 14.7. The lowest BCUT2D eigenvalue weighted by molar-refractivity contribution is -0.150. The van der Waals surface area contributed by atoms with Crippen molar-refractivity contribution in [3.8, 4) is 0 Å². The van der Waals surface area contributed by atoms with Crippen LogP contribution in [-0.2, 0) is 9.47 Å². The molecule has 1 aliphatic carbocycles. The number of nitrogens with zero attached hydrogens (tertiary/aromatic N) is 1. The van der Waals surface area contributed by atoms with Crippen LogP contribution in [0.2, 0.25) is 0 Å². The molecule has 1 saturated carbocycles. The first-order valence-electron chi connectivity index (χ1n) is 9.28. The Morgan fingerprint density at radius 3 is 3.00 bits per heavy atom. The molecule has 1 aromatic heterocycles. The molecule has 0 bridgehead atoms. The van der Waals surface area contributed by atoms with Gasteiger partial charge in [0, 0.05) is 31.7 Å². The van der Waals surface area contributed by atoms with E-state index in [-0.39, 0.29) is 17.4 Å². The standard InChI is InChI=1S/C19H27NO4/c21-18(16-6-10-22-12-16)20-8-5-17-19(13-20,7-2-9-24-17)14-23-11-15-3-1-4-15/h6,10,12,15,17H,1-5,7-9,11,13-14H2. The molecule has 0 N–H and O–H groups in total. The van der Waals surface area contributed by atoms with Crippen LogP contribution < -0.4 is 0 Å². The second-order valence-electron chi connectivity index (χ2n) is 7.66. The Balaban J connectivity index is 1.43. The van der Waals surface area contributed by atoms with Crippen molar-refractivity contribution in [1.29, 1.82) is 0 Å². The first-order valence-corrected chi connectivity index (χ1v) is 9.28. The second-order valence-corrected chi connectivity index (χ2v) is 7.66. The molecule has 2 aliphatic heterocycles. The van der Waals surface area contributed by atoms with Crippen LogP contribution in [0.3, 0.4) is 0 Å². The fraction of sp³-hybridized carbons (Fsp3) is 0.737. The molecule has 1 aromatic rings. The van der Waals surface area contributed by atoms with Gasteiger partial charge in [0.1, 0.15) is 6.26 Å². The lowest BCUT2D eigenvalue weighted by Gasteiger charge is -2.50. The van der Waals surface area contributed by atoms with Crippen molar-refractivity contribution in [2.24, 2.45) is 11.3 Å². The van der Waals surface area contributed by atoms with Crippen LogP contribution in [0.25, 0.3) is 0 Å². The maximum Gasteiger partial charge on any atom is 0.257 e. The van der Waals surface area contributed by atoms with Crippen molar-refractivity contribution < 1.29 is 18.7 Å². The van der Waals surface area contributed by atoms with Gasteiger partial charge in [0.05, 0.1) is 24.5 Å². The number of rotatable bonds is 5. The van der Waals surface area contributed by atoms with Crippen molar-refractivity contribution in [3.05, 3.63) is 24.2 Å². The van der Waals surface area contributed by atoms with E-state index in [1.54, 1.807) is 12.3 Å². The van der Waals surface area contributed by atoms with E-state index in [4.69, 9.17) is 13.9 Å². The Labute approximate surface area is 143 Å². The van der Waals surface area contributed by atoms with Gasteiger partial charge < -0.3 is 18.8 Å². The molecule has 0 spiro atoms. The molecular weight excluding hydrogens is 306 g/mol. The largest absolute Gasteiger partial charge is 0.472 e. The summed E-state index contributed by atoms with van der Waals surface area (Å²) >= 11 is 0. The summed E-state index contributed by atoms with van der Waals surface area (Å²) in [5.74, 6) is 0.808. The van der Waals surface area contributed by atoms with Crippen molar-refractivity contribution >= 4 is 5.91 Å². The van der Waals surface area contributed by atoms with Crippen molar-refractivity contribution in [2.75, 3.05) is 32.9 Å². The van der Waals surface area contributed by atoms with Gasteiger partial charge >= 0.3 is 0 Å². The molecule has 3 heterocycles. The minimum Gasteiger partial charge on any atom is -0.472 e. The first-order chi connectivity index (χ1) is 11.8. The number of piperidine rings is 1. The van der Waals surface area contributed by atoms with Crippen LogP contribution in [0.15, 0.2) is 23.0 Å². The Morgan fingerprint density at radius 2 is 2.25 bits per heavy atom. The minimum atomic E-state index is -0.0420. The molecule has 3 aliphatic rings. The molecule has 5 nitrogen and oxygen atoms in total. The molecule has 4 rings (SSSR count). The number of furan rings is 1. The fourth-order valence-electron chi connectivity index (χ4n) is 4.33. The number of carbonyl (C=O) groups is 1. The highest BCUT2D eigenvalue weighted by atomic mass is 16.5. The maximum atomic E-state index is 12.7.